The van der Waals surface area contributed by atoms with Crippen LogP contribution in [0.1, 0.15) is 29.3 Å². The monoisotopic (exact) mass is 227 g/mol. The van der Waals surface area contributed by atoms with Crippen LogP contribution in [0.4, 0.5) is 5.95 Å². The van der Waals surface area contributed by atoms with Gasteiger partial charge >= 0.3 is 0 Å². The van der Waals surface area contributed by atoms with Gasteiger partial charge in [-0.25, -0.2) is 4.98 Å². The molecule has 0 saturated heterocycles. The summed E-state index contributed by atoms with van der Waals surface area (Å²) in [4.78, 5) is 4.50. The number of hydrogen-bond donors (Lipinski definition) is 1. The van der Waals surface area contributed by atoms with E-state index in [4.69, 9.17) is 0 Å². The summed E-state index contributed by atoms with van der Waals surface area (Å²) < 4.78 is 2.20. The molecule has 2 aromatic rings. The summed E-state index contributed by atoms with van der Waals surface area (Å²) in [7, 11) is 0. The minimum absolute atomic E-state index is 0.393. The molecule has 0 spiro atoms. The van der Waals surface area contributed by atoms with Gasteiger partial charge in [0.15, 0.2) is 0 Å². The van der Waals surface area contributed by atoms with E-state index in [-0.39, 0.29) is 0 Å². The molecule has 2 heterocycles. The third kappa shape index (κ3) is 1.93. The van der Waals surface area contributed by atoms with E-state index in [0.29, 0.717) is 6.04 Å². The molecule has 1 atom stereocenters. The third-order valence-corrected chi connectivity index (χ3v) is 3.30. The number of rotatable bonds is 1. The Balaban J connectivity index is 1.88. The molecule has 1 aromatic carbocycles. The Hall–Kier alpha value is -1.77. The van der Waals surface area contributed by atoms with Crippen molar-refractivity contribution in [3.8, 4) is 0 Å². The van der Waals surface area contributed by atoms with Crippen molar-refractivity contribution in [1.29, 1.82) is 0 Å². The number of imidazole rings is 1. The summed E-state index contributed by atoms with van der Waals surface area (Å²) in [5.74, 6) is 1.00. The van der Waals surface area contributed by atoms with Crippen LogP contribution in [0.25, 0.3) is 0 Å². The Morgan fingerprint density at radius 1 is 1.35 bits per heavy atom. The first-order valence-electron chi connectivity index (χ1n) is 6.09. The molecule has 88 valence electrons. The number of aryl methyl sites for hydroxylation is 3. The summed E-state index contributed by atoms with van der Waals surface area (Å²) in [5.41, 5.74) is 3.75. The number of fused-ring (bicyclic) bond motifs is 1. The minimum atomic E-state index is 0.393. The molecular weight excluding hydrogens is 210 g/mol. The summed E-state index contributed by atoms with van der Waals surface area (Å²) in [6, 6.07) is 9.10. The Kier molecular flexibility index (Phi) is 2.39. The Morgan fingerprint density at radius 3 is 3.06 bits per heavy atom. The Bertz CT molecular complexity index is 542. The van der Waals surface area contributed by atoms with Gasteiger partial charge in [-0.2, -0.15) is 0 Å². The van der Waals surface area contributed by atoms with Crippen molar-refractivity contribution >= 4 is 5.95 Å². The second-order valence-corrected chi connectivity index (χ2v) is 4.80. The lowest BCUT2D eigenvalue weighted by atomic mass is 10.0. The quantitative estimate of drug-likeness (QED) is 0.811. The lowest BCUT2D eigenvalue weighted by Gasteiger charge is -2.26. The predicted octanol–water partition coefficient (Wildman–Crippen LogP) is 3.06. The average molecular weight is 227 g/mol. The van der Waals surface area contributed by atoms with Crippen LogP contribution >= 0.6 is 0 Å². The largest absolute Gasteiger partial charge is 0.349 e. The lowest BCUT2D eigenvalue weighted by molar-refractivity contribution is 0.542. The van der Waals surface area contributed by atoms with Crippen molar-refractivity contribution in [3.05, 3.63) is 47.3 Å². The fraction of sp³-hybridized carbons (Fsp3) is 0.357. The smallest absolute Gasteiger partial charge is 0.203 e. The number of hydrogen-bond acceptors (Lipinski definition) is 2. The molecule has 3 heteroatoms. The molecule has 17 heavy (non-hydrogen) atoms. The van der Waals surface area contributed by atoms with E-state index in [1.165, 1.54) is 11.1 Å². The van der Waals surface area contributed by atoms with Gasteiger partial charge in [0.25, 0.3) is 0 Å². The zero-order valence-corrected chi connectivity index (χ0v) is 10.3. The highest BCUT2D eigenvalue weighted by molar-refractivity contribution is 5.37. The highest BCUT2D eigenvalue weighted by Gasteiger charge is 2.20. The molecule has 3 rings (SSSR count). The molecule has 1 aromatic heterocycles. The third-order valence-electron chi connectivity index (χ3n) is 3.30. The van der Waals surface area contributed by atoms with Gasteiger partial charge in [0.05, 0.1) is 11.7 Å². The number of nitrogens with zero attached hydrogens (tertiary/aromatic N) is 2. The second kappa shape index (κ2) is 3.91. The molecule has 0 saturated carbocycles. The number of nitrogens with one attached hydrogen (secondary N) is 1. The maximum absolute atomic E-state index is 4.50. The van der Waals surface area contributed by atoms with Crippen molar-refractivity contribution in [2.45, 2.75) is 32.9 Å². The predicted molar refractivity (Wildman–Crippen MR) is 69.1 cm³/mol. The van der Waals surface area contributed by atoms with Gasteiger partial charge in [-0.05, 0) is 25.8 Å². The highest BCUT2D eigenvalue weighted by Crippen LogP contribution is 2.28. The average Bonchev–Trinajstić information content (AvgIpc) is 2.68. The zero-order valence-electron chi connectivity index (χ0n) is 10.3. The molecule has 0 bridgehead atoms. The minimum Gasteiger partial charge on any atom is -0.349 e. The second-order valence-electron chi connectivity index (χ2n) is 4.80. The van der Waals surface area contributed by atoms with Crippen LogP contribution < -0.4 is 5.32 Å². The lowest BCUT2D eigenvalue weighted by Crippen LogP contribution is -2.21. The van der Waals surface area contributed by atoms with Crippen LogP contribution in [0.15, 0.2) is 30.5 Å². The van der Waals surface area contributed by atoms with Crippen LogP contribution in [-0.4, -0.2) is 9.55 Å². The molecule has 1 unspecified atom stereocenters. The van der Waals surface area contributed by atoms with E-state index in [1.807, 2.05) is 6.92 Å². The van der Waals surface area contributed by atoms with Crippen molar-refractivity contribution in [3.63, 3.8) is 0 Å². The first-order valence-corrected chi connectivity index (χ1v) is 6.09. The molecular formula is C14H17N3. The van der Waals surface area contributed by atoms with Crippen molar-refractivity contribution < 1.29 is 0 Å². The van der Waals surface area contributed by atoms with E-state index in [2.05, 4.69) is 52.3 Å². The van der Waals surface area contributed by atoms with Crippen LogP contribution in [-0.2, 0) is 6.54 Å². The van der Waals surface area contributed by atoms with Crippen LogP contribution in [0, 0.1) is 13.8 Å². The van der Waals surface area contributed by atoms with E-state index in [0.717, 1.165) is 24.6 Å². The topological polar surface area (TPSA) is 29.9 Å². The Labute approximate surface area is 101 Å². The normalized spacial score (nSPS) is 18.6. The Morgan fingerprint density at radius 2 is 2.24 bits per heavy atom. The molecule has 1 aliphatic heterocycles. The van der Waals surface area contributed by atoms with Crippen LogP contribution in [0.5, 0.6) is 0 Å². The summed E-state index contributed by atoms with van der Waals surface area (Å²) in [6.45, 7) is 5.22. The molecule has 3 nitrogen and oxygen atoms in total. The maximum atomic E-state index is 4.50. The van der Waals surface area contributed by atoms with Crippen molar-refractivity contribution in [2.75, 3.05) is 5.32 Å². The van der Waals surface area contributed by atoms with Crippen LogP contribution in [0.2, 0.25) is 0 Å². The first-order chi connectivity index (χ1) is 8.22. The molecule has 0 fully saturated rings. The van der Waals surface area contributed by atoms with Gasteiger partial charge < -0.3 is 9.88 Å². The van der Waals surface area contributed by atoms with Crippen molar-refractivity contribution in [2.24, 2.45) is 0 Å². The van der Waals surface area contributed by atoms with E-state index in [9.17, 15) is 0 Å². The van der Waals surface area contributed by atoms with Crippen molar-refractivity contribution in [1.82, 2.24) is 9.55 Å². The fourth-order valence-corrected chi connectivity index (χ4v) is 2.47. The number of anilines is 1. The first kappa shape index (κ1) is 10.4. The SMILES string of the molecule is Cc1cccc(C2CCn3cc(C)nc3N2)c1. The fourth-order valence-electron chi connectivity index (χ4n) is 2.47. The summed E-state index contributed by atoms with van der Waals surface area (Å²) >= 11 is 0. The molecule has 0 amide bonds. The van der Waals surface area contributed by atoms with Gasteiger partial charge in [0, 0.05) is 12.7 Å². The highest BCUT2D eigenvalue weighted by atomic mass is 15.2. The van der Waals surface area contributed by atoms with Gasteiger partial charge in [0.2, 0.25) is 5.95 Å². The molecule has 0 aliphatic carbocycles. The van der Waals surface area contributed by atoms with E-state index >= 15 is 0 Å². The van der Waals surface area contributed by atoms with E-state index in [1.54, 1.807) is 0 Å². The standard InChI is InChI=1S/C14H17N3/c1-10-4-3-5-12(8-10)13-6-7-17-9-11(2)15-14(17)16-13/h3-5,8-9,13H,6-7H2,1-2H3,(H,15,16). The van der Waals surface area contributed by atoms with E-state index < -0.39 is 0 Å². The van der Waals surface area contributed by atoms with Gasteiger partial charge in [-0.15, -0.1) is 0 Å². The number of aromatic nitrogens is 2. The zero-order chi connectivity index (χ0) is 11.8. The maximum Gasteiger partial charge on any atom is 0.203 e. The van der Waals surface area contributed by atoms with Gasteiger partial charge in [-0.3, -0.25) is 0 Å². The van der Waals surface area contributed by atoms with Gasteiger partial charge in [-0.1, -0.05) is 29.8 Å². The molecule has 1 N–H and O–H groups in total. The van der Waals surface area contributed by atoms with Crippen LogP contribution in [0.3, 0.4) is 0 Å². The molecule has 1 aliphatic rings. The number of benzene rings is 1. The van der Waals surface area contributed by atoms with Gasteiger partial charge in [0.1, 0.15) is 0 Å². The summed E-state index contributed by atoms with van der Waals surface area (Å²) in [6.07, 6.45) is 3.22. The molecule has 0 radical (unpaired) electrons. The summed E-state index contributed by atoms with van der Waals surface area (Å²) in [5, 5.41) is 3.51.